The number of pyridine rings is 1. The zero-order valence-corrected chi connectivity index (χ0v) is 26.9. The number of furan rings is 1. The highest BCUT2D eigenvalue weighted by molar-refractivity contribution is 6.09. The Bertz CT molecular complexity index is 1420. The maximum atomic E-state index is 14.1. The van der Waals surface area contributed by atoms with Crippen LogP contribution in [-0.4, -0.2) is 61.8 Å². The lowest BCUT2D eigenvalue weighted by atomic mass is 9.95. The Kier molecular flexibility index (Phi) is 11.7. The van der Waals surface area contributed by atoms with Crippen LogP contribution in [0.25, 0.3) is 11.0 Å². The first kappa shape index (κ1) is 32.6. The number of benzene rings is 1. The number of fused-ring (bicyclic) bond motifs is 1. The molecule has 1 amide bonds. The maximum absolute atomic E-state index is 14.1. The van der Waals surface area contributed by atoms with Crippen LogP contribution in [0.3, 0.4) is 0 Å². The quantitative estimate of drug-likeness (QED) is 0.299. The summed E-state index contributed by atoms with van der Waals surface area (Å²) in [4.78, 5) is 34.5. The highest BCUT2D eigenvalue weighted by Gasteiger charge is 2.28. The molecule has 0 unspecified atom stereocenters. The van der Waals surface area contributed by atoms with E-state index in [2.05, 4.69) is 40.0 Å². The monoisotopic (exact) mass is 594 g/mol. The summed E-state index contributed by atoms with van der Waals surface area (Å²) in [5.74, 6) is 1.12. The van der Waals surface area contributed by atoms with Crippen LogP contribution >= 0.6 is 0 Å². The van der Waals surface area contributed by atoms with Crippen LogP contribution in [0.1, 0.15) is 92.7 Å². The van der Waals surface area contributed by atoms with Crippen LogP contribution in [0.5, 0.6) is 5.75 Å². The van der Waals surface area contributed by atoms with Crippen LogP contribution in [-0.2, 0) is 24.2 Å². The summed E-state index contributed by atoms with van der Waals surface area (Å²) in [5, 5.41) is 3.86. The summed E-state index contributed by atoms with van der Waals surface area (Å²) in [7, 11) is 1.53. The van der Waals surface area contributed by atoms with Crippen LogP contribution in [0.2, 0.25) is 0 Å². The van der Waals surface area contributed by atoms with Gasteiger partial charge < -0.3 is 29.1 Å². The fourth-order valence-electron chi connectivity index (χ4n) is 6.47. The number of carbonyl (C=O) groups is 1. The molecule has 0 atom stereocenters. The number of methoxy groups -OCH3 is 1. The standard InChI is InChI=1S/C32H44N4O5.C2H6/c1-5-24-27(36(6-2)22-10-14-40-15-11-22)18-29-25(17-23(41-29)20-35-12-8-7-9-13-35)30(24)32(38)33-19-26-28(39-4)16-21(3)34-31(26)37;1-2/h16-18,22H,5-15,19-20H2,1-4H3,(H,33,38)(H,34,37);1-2H3. The second kappa shape index (κ2) is 15.4. The van der Waals surface area contributed by atoms with Crippen molar-refractivity contribution in [3.05, 3.63) is 56.7 Å². The van der Waals surface area contributed by atoms with Gasteiger partial charge in [-0.05, 0) is 76.7 Å². The number of ether oxygens (including phenoxy) is 2. The topological polar surface area (TPSA) is 100 Å². The maximum Gasteiger partial charge on any atom is 0.256 e. The Balaban J connectivity index is 0.00000207. The number of hydrogen-bond donors (Lipinski definition) is 2. The fraction of sp³-hybridized carbons (Fsp3) is 0.588. The number of hydrogen-bond acceptors (Lipinski definition) is 7. The van der Waals surface area contributed by atoms with Crippen molar-refractivity contribution in [3.8, 4) is 5.75 Å². The molecule has 3 aromatic rings. The molecule has 2 aliphatic rings. The highest BCUT2D eigenvalue weighted by atomic mass is 16.5. The molecule has 43 heavy (non-hydrogen) atoms. The van der Waals surface area contributed by atoms with Gasteiger partial charge in [0, 0.05) is 48.6 Å². The van der Waals surface area contributed by atoms with Gasteiger partial charge in [0.05, 0.1) is 31.3 Å². The summed E-state index contributed by atoms with van der Waals surface area (Å²) in [5.41, 5.74) is 4.24. The van der Waals surface area contributed by atoms with Gasteiger partial charge in [-0.25, -0.2) is 0 Å². The molecule has 4 heterocycles. The predicted octanol–water partition coefficient (Wildman–Crippen LogP) is 5.95. The lowest BCUT2D eigenvalue weighted by Gasteiger charge is -2.37. The number of likely N-dealkylation sites (tertiary alicyclic amines) is 1. The largest absolute Gasteiger partial charge is 0.496 e. The summed E-state index contributed by atoms with van der Waals surface area (Å²) < 4.78 is 17.6. The molecule has 0 spiro atoms. The minimum absolute atomic E-state index is 0.0580. The van der Waals surface area contributed by atoms with E-state index in [-0.39, 0.29) is 18.0 Å². The Morgan fingerprint density at radius 3 is 2.47 bits per heavy atom. The number of aromatic nitrogens is 1. The number of piperidine rings is 1. The third-order valence-corrected chi connectivity index (χ3v) is 8.53. The van der Waals surface area contributed by atoms with Gasteiger partial charge in [0.1, 0.15) is 17.1 Å². The van der Waals surface area contributed by atoms with Crippen molar-refractivity contribution >= 4 is 22.6 Å². The van der Waals surface area contributed by atoms with E-state index in [1.807, 2.05) is 19.9 Å². The molecule has 9 nitrogen and oxygen atoms in total. The molecule has 0 bridgehead atoms. The third-order valence-electron chi connectivity index (χ3n) is 8.53. The molecule has 236 valence electrons. The van der Waals surface area contributed by atoms with E-state index in [9.17, 15) is 9.59 Å². The van der Waals surface area contributed by atoms with Gasteiger partial charge in [-0.2, -0.15) is 0 Å². The average molecular weight is 595 g/mol. The number of amides is 1. The zero-order valence-electron chi connectivity index (χ0n) is 26.9. The summed E-state index contributed by atoms with van der Waals surface area (Å²) in [6, 6.07) is 6.30. The summed E-state index contributed by atoms with van der Waals surface area (Å²) >= 11 is 0. The first-order chi connectivity index (χ1) is 20.9. The zero-order chi connectivity index (χ0) is 30.9. The van der Waals surface area contributed by atoms with E-state index in [0.717, 1.165) is 80.2 Å². The predicted molar refractivity (Wildman–Crippen MR) is 172 cm³/mol. The van der Waals surface area contributed by atoms with Crippen LogP contribution in [0.15, 0.2) is 27.4 Å². The highest BCUT2D eigenvalue weighted by Crippen LogP contribution is 2.37. The second-order valence-corrected chi connectivity index (χ2v) is 11.2. The lowest BCUT2D eigenvalue weighted by Crippen LogP contribution is -2.40. The molecule has 2 aliphatic heterocycles. The molecular weight excluding hydrogens is 544 g/mol. The minimum atomic E-state index is -0.263. The van der Waals surface area contributed by atoms with E-state index in [1.54, 1.807) is 13.0 Å². The van der Waals surface area contributed by atoms with Crippen LogP contribution in [0.4, 0.5) is 5.69 Å². The molecule has 5 rings (SSSR count). The molecular formula is C34H50N4O5. The lowest BCUT2D eigenvalue weighted by molar-refractivity contribution is 0.0845. The van der Waals surface area contributed by atoms with E-state index in [1.165, 1.54) is 26.4 Å². The summed E-state index contributed by atoms with van der Waals surface area (Å²) in [6.45, 7) is 15.3. The van der Waals surface area contributed by atoms with Gasteiger partial charge in [0.25, 0.3) is 11.5 Å². The normalized spacial score (nSPS) is 16.0. The molecule has 0 radical (unpaired) electrons. The third kappa shape index (κ3) is 7.44. The van der Waals surface area contributed by atoms with Gasteiger partial charge in [-0.1, -0.05) is 27.2 Å². The molecule has 0 saturated carbocycles. The van der Waals surface area contributed by atoms with Gasteiger partial charge in [-0.15, -0.1) is 0 Å². The molecule has 2 N–H and O–H groups in total. The van der Waals surface area contributed by atoms with Crippen molar-refractivity contribution < 1.29 is 18.7 Å². The van der Waals surface area contributed by atoms with Crippen molar-refractivity contribution in [2.75, 3.05) is 44.9 Å². The number of aryl methyl sites for hydroxylation is 1. The van der Waals surface area contributed by atoms with Crippen molar-refractivity contribution in [1.82, 2.24) is 15.2 Å². The molecule has 2 aromatic heterocycles. The fourth-order valence-corrected chi connectivity index (χ4v) is 6.47. The van der Waals surface area contributed by atoms with E-state index in [4.69, 9.17) is 13.9 Å². The average Bonchev–Trinajstić information content (AvgIpc) is 3.43. The summed E-state index contributed by atoms with van der Waals surface area (Å²) in [6.07, 6.45) is 6.27. The number of nitrogens with zero attached hydrogens (tertiary/aromatic N) is 2. The van der Waals surface area contributed by atoms with Crippen molar-refractivity contribution in [2.24, 2.45) is 0 Å². The molecule has 2 fully saturated rings. The van der Waals surface area contributed by atoms with E-state index < -0.39 is 0 Å². The van der Waals surface area contributed by atoms with E-state index in [0.29, 0.717) is 35.0 Å². The number of anilines is 1. The van der Waals surface area contributed by atoms with E-state index >= 15 is 0 Å². The Labute approximate surface area is 255 Å². The van der Waals surface area contributed by atoms with Crippen LogP contribution < -0.4 is 20.5 Å². The van der Waals surface area contributed by atoms with Gasteiger partial charge in [0.15, 0.2) is 0 Å². The van der Waals surface area contributed by atoms with Gasteiger partial charge in [0.2, 0.25) is 0 Å². The van der Waals surface area contributed by atoms with Crippen molar-refractivity contribution in [2.45, 2.75) is 92.3 Å². The second-order valence-electron chi connectivity index (χ2n) is 11.2. The first-order valence-corrected chi connectivity index (χ1v) is 16.1. The number of aromatic amines is 1. The van der Waals surface area contributed by atoms with Crippen molar-refractivity contribution in [1.29, 1.82) is 0 Å². The first-order valence-electron chi connectivity index (χ1n) is 16.1. The smallest absolute Gasteiger partial charge is 0.256 e. The number of rotatable bonds is 10. The minimum Gasteiger partial charge on any atom is -0.496 e. The number of H-pyrrole nitrogens is 1. The van der Waals surface area contributed by atoms with Crippen LogP contribution in [0, 0.1) is 6.92 Å². The Morgan fingerprint density at radius 1 is 1.09 bits per heavy atom. The molecule has 9 heteroatoms. The SMILES string of the molecule is CC.CCc1c(N(CC)C2CCOCC2)cc2oc(CN3CCCCC3)cc2c1C(=O)NCc1c(OC)cc(C)[nH]c1=O. The van der Waals surface area contributed by atoms with Crippen molar-refractivity contribution in [3.63, 3.8) is 0 Å². The Hall–Kier alpha value is -3.30. The molecule has 1 aromatic carbocycles. The molecule has 2 saturated heterocycles. The van der Waals surface area contributed by atoms with Gasteiger partial charge >= 0.3 is 0 Å². The molecule has 0 aliphatic carbocycles. The van der Waals surface area contributed by atoms with Gasteiger partial charge in [-0.3, -0.25) is 14.5 Å². The number of carbonyl (C=O) groups excluding carboxylic acids is 1. The Morgan fingerprint density at radius 2 is 1.81 bits per heavy atom. The number of nitrogens with one attached hydrogen (secondary N) is 2.